The monoisotopic (exact) mass is 1050 g/mol. The van der Waals surface area contributed by atoms with Crippen LogP contribution >= 0.6 is 0 Å². The Balaban J connectivity index is 4.28. The maximum Gasteiger partial charge on any atom is 0.361 e. The molecule has 0 aliphatic heterocycles. The van der Waals surface area contributed by atoms with Gasteiger partial charge in [-0.2, -0.15) is 0 Å². The molecule has 0 aromatic heterocycles. The number of nitrogens with zero attached hydrogens (tertiary/aromatic N) is 1. The van der Waals surface area contributed by atoms with Gasteiger partial charge in [-0.3, -0.25) is 9.59 Å². The molecule has 0 amide bonds. The van der Waals surface area contributed by atoms with Gasteiger partial charge in [-0.25, -0.2) is 4.79 Å². The Morgan fingerprint density at radius 2 is 0.760 bits per heavy atom. The van der Waals surface area contributed by atoms with E-state index in [9.17, 15) is 19.5 Å². The van der Waals surface area contributed by atoms with E-state index in [1.54, 1.807) is 0 Å². The van der Waals surface area contributed by atoms with E-state index < -0.39 is 24.3 Å². The van der Waals surface area contributed by atoms with E-state index in [4.69, 9.17) is 18.9 Å². The fourth-order valence-corrected chi connectivity index (χ4v) is 7.91. The van der Waals surface area contributed by atoms with Gasteiger partial charge in [0.15, 0.2) is 6.10 Å². The number of quaternary nitrogens is 1. The van der Waals surface area contributed by atoms with Crippen LogP contribution in [0.4, 0.5) is 0 Å². The minimum atomic E-state index is -1.52. The van der Waals surface area contributed by atoms with Crippen LogP contribution in [0, 0.1) is 0 Å². The third-order valence-corrected chi connectivity index (χ3v) is 12.5. The van der Waals surface area contributed by atoms with Crippen molar-refractivity contribution in [3.8, 4) is 0 Å². The summed E-state index contributed by atoms with van der Waals surface area (Å²) in [6.45, 7) is 4.73. The first-order chi connectivity index (χ1) is 36.6. The Morgan fingerprint density at radius 3 is 1.13 bits per heavy atom. The Labute approximate surface area is 460 Å². The van der Waals surface area contributed by atoms with Crippen molar-refractivity contribution in [1.82, 2.24) is 0 Å². The van der Waals surface area contributed by atoms with Gasteiger partial charge in [-0.15, -0.1) is 0 Å². The van der Waals surface area contributed by atoms with E-state index in [-0.39, 0.29) is 38.6 Å². The van der Waals surface area contributed by atoms with Crippen molar-refractivity contribution in [2.45, 2.75) is 245 Å². The van der Waals surface area contributed by atoms with Crippen LogP contribution in [-0.4, -0.2) is 87.4 Å². The van der Waals surface area contributed by atoms with Crippen LogP contribution in [0.15, 0.2) is 109 Å². The van der Waals surface area contributed by atoms with Crippen LogP contribution in [0.25, 0.3) is 0 Å². The van der Waals surface area contributed by atoms with Crippen molar-refractivity contribution in [3.63, 3.8) is 0 Å². The number of hydrogen-bond acceptors (Lipinski definition) is 7. The standard InChI is InChI=1S/C66H111NO8/c1-6-8-10-12-14-16-18-20-22-24-26-28-29-30-31-32-33-34-35-37-39-41-43-45-47-49-51-53-55-57-64(69)75-62(61-74-66(65(70)71)72-59-58-67(3,4)5)60-73-63(68)56-54-52-50-48-46-44-42-40-38-36-27-25-23-21-19-17-15-13-11-9-7-2/h8,10,14,16,19-22,25-28,30-31,33-34,38,40,62,66H,6-7,9,11-13,15,17-18,23-24,29,32,35-37,39,41-61H2,1-5H3/p+1/b10-8-,16-14-,21-19-,22-20-,27-25-,28-26-,31-30-,34-33-,40-38-. The first-order valence-corrected chi connectivity index (χ1v) is 30.1. The van der Waals surface area contributed by atoms with Crippen LogP contribution in [0.2, 0.25) is 0 Å². The van der Waals surface area contributed by atoms with Crippen LogP contribution in [0.3, 0.4) is 0 Å². The number of allylic oxidation sites excluding steroid dienone is 18. The van der Waals surface area contributed by atoms with Crippen LogP contribution < -0.4 is 0 Å². The molecule has 0 bridgehead atoms. The van der Waals surface area contributed by atoms with Crippen LogP contribution in [0.5, 0.6) is 0 Å². The SMILES string of the molecule is CC/C=C\C/C=C\C/C=C\C/C=C\C/C=C\C/C=C\CCCCCCCCCCCCC(=O)OC(COC(=O)CCCCCCCC/C=C\C/C=C\C/C=C\CCCCCCC)COC(OCC[N+](C)(C)C)C(=O)O. The van der Waals surface area contributed by atoms with E-state index in [1.807, 2.05) is 21.1 Å². The first kappa shape index (κ1) is 71.0. The molecule has 0 aromatic rings. The number of hydrogen-bond donors (Lipinski definition) is 1. The zero-order valence-corrected chi connectivity index (χ0v) is 48.7. The Morgan fingerprint density at radius 1 is 0.413 bits per heavy atom. The molecule has 0 rings (SSSR count). The summed E-state index contributed by atoms with van der Waals surface area (Å²) in [6, 6.07) is 0. The molecule has 428 valence electrons. The normalized spacial score (nSPS) is 13.6. The molecule has 0 fully saturated rings. The van der Waals surface area contributed by atoms with E-state index >= 15 is 0 Å². The smallest absolute Gasteiger partial charge is 0.361 e. The quantitative estimate of drug-likeness (QED) is 0.0211. The highest BCUT2D eigenvalue weighted by atomic mass is 16.7. The molecule has 0 aliphatic rings. The van der Waals surface area contributed by atoms with Crippen molar-refractivity contribution >= 4 is 17.9 Å². The molecule has 2 unspecified atom stereocenters. The summed E-state index contributed by atoms with van der Waals surface area (Å²) in [5.41, 5.74) is 0. The minimum absolute atomic E-state index is 0.179. The fourth-order valence-electron chi connectivity index (χ4n) is 7.91. The van der Waals surface area contributed by atoms with Crippen molar-refractivity contribution in [2.24, 2.45) is 0 Å². The molecule has 0 radical (unpaired) electrons. The molecule has 0 saturated carbocycles. The second kappa shape index (κ2) is 56.2. The Kier molecular flexibility index (Phi) is 53.1. The number of aliphatic carboxylic acids is 1. The first-order valence-electron chi connectivity index (χ1n) is 30.1. The molecule has 0 spiro atoms. The molecule has 75 heavy (non-hydrogen) atoms. The molecule has 0 heterocycles. The zero-order valence-electron chi connectivity index (χ0n) is 48.7. The summed E-state index contributed by atoms with van der Waals surface area (Å²) in [5.74, 6) is -2.04. The average molecular weight is 1050 g/mol. The summed E-state index contributed by atoms with van der Waals surface area (Å²) in [4.78, 5) is 37.5. The highest BCUT2D eigenvalue weighted by molar-refractivity contribution is 5.71. The lowest BCUT2D eigenvalue weighted by atomic mass is 10.0. The number of carboxylic acid groups (broad SMARTS) is 1. The lowest BCUT2D eigenvalue weighted by molar-refractivity contribution is -0.870. The summed E-state index contributed by atoms with van der Waals surface area (Å²) < 4.78 is 22.9. The number of unbranched alkanes of at least 4 members (excludes halogenated alkanes) is 21. The molecule has 2 atom stereocenters. The largest absolute Gasteiger partial charge is 0.477 e. The molecule has 0 aliphatic carbocycles. The molecule has 9 nitrogen and oxygen atoms in total. The second-order valence-corrected chi connectivity index (χ2v) is 20.9. The van der Waals surface area contributed by atoms with Crippen LogP contribution in [0.1, 0.15) is 232 Å². The van der Waals surface area contributed by atoms with Crippen molar-refractivity contribution in [3.05, 3.63) is 109 Å². The van der Waals surface area contributed by atoms with Gasteiger partial charge in [0, 0.05) is 12.8 Å². The van der Waals surface area contributed by atoms with Gasteiger partial charge < -0.3 is 28.5 Å². The highest BCUT2D eigenvalue weighted by Crippen LogP contribution is 2.15. The summed E-state index contributed by atoms with van der Waals surface area (Å²) in [6.07, 6.45) is 74.5. The Hall–Kier alpha value is -4.05. The predicted octanol–water partition coefficient (Wildman–Crippen LogP) is 17.9. The number of carbonyl (C=O) groups excluding carboxylic acids is 2. The van der Waals surface area contributed by atoms with Gasteiger partial charge in [-0.1, -0.05) is 226 Å². The Bertz CT molecular complexity index is 1590. The van der Waals surface area contributed by atoms with Crippen molar-refractivity contribution in [2.75, 3.05) is 47.5 Å². The van der Waals surface area contributed by atoms with E-state index in [0.717, 1.165) is 109 Å². The molecular weight excluding hydrogens is 935 g/mol. The van der Waals surface area contributed by atoms with Crippen molar-refractivity contribution < 1.29 is 42.9 Å². The molecule has 0 aromatic carbocycles. The summed E-state index contributed by atoms with van der Waals surface area (Å²) in [5, 5.41) is 9.71. The average Bonchev–Trinajstić information content (AvgIpc) is 3.38. The van der Waals surface area contributed by atoms with Crippen molar-refractivity contribution in [1.29, 1.82) is 0 Å². The van der Waals surface area contributed by atoms with Gasteiger partial charge in [-0.05, 0) is 103 Å². The topological polar surface area (TPSA) is 108 Å². The lowest BCUT2D eigenvalue weighted by Gasteiger charge is -2.25. The highest BCUT2D eigenvalue weighted by Gasteiger charge is 2.25. The number of ether oxygens (including phenoxy) is 4. The van der Waals surface area contributed by atoms with Gasteiger partial charge in [0.2, 0.25) is 0 Å². The minimum Gasteiger partial charge on any atom is -0.477 e. The summed E-state index contributed by atoms with van der Waals surface area (Å²) >= 11 is 0. The van der Waals surface area contributed by atoms with E-state index in [0.29, 0.717) is 17.4 Å². The maximum atomic E-state index is 12.9. The van der Waals surface area contributed by atoms with Gasteiger partial charge >= 0.3 is 17.9 Å². The van der Waals surface area contributed by atoms with E-state index in [2.05, 4.69) is 123 Å². The van der Waals surface area contributed by atoms with Gasteiger partial charge in [0.25, 0.3) is 6.29 Å². The second-order valence-electron chi connectivity index (χ2n) is 20.9. The number of carboxylic acids is 1. The summed E-state index contributed by atoms with van der Waals surface area (Å²) in [7, 11) is 5.96. The maximum absolute atomic E-state index is 12.9. The van der Waals surface area contributed by atoms with Gasteiger partial charge in [0.1, 0.15) is 13.2 Å². The van der Waals surface area contributed by atoms with E-state index in [1.165, 1.54) is 89.9 Å². The number of carbonyl (C=O) groups is 3. The third kappa shape index (κ3) is 57.5. The third-order valence-electron chi connectivity index (χ3n) is 12.5. The molecular formula is C66H112NO8+. The number of rotatable bonds is 54. The van der Waals surface area contributed by atoms with Crippen LogP contribution in [-0.2, 0) is 33.3 Å². The zero-order chi connectivity index (χ0) is 54.8. The molecule has 0 saturated heterocycles. The van der Waals surface area contributed by atoms with Gasteiger partial charge in [0.05, 0.1) is 34.4 Å². The molecule has 9 heteroatoms. The number of likely N-dealkylation sites (N-methyl/N-ethyl adjacent to an activating group) is 1. The number of esters is 2. The predicted molar refractivity (Wildman–Crippen MR) is 318 cm³/mol. The lowest BCUT2D eigenvalue weighted by Crippen LogP contribution is -2.40. The molecule has 1 N–H and O–H groups in total. The fraction of sp³-hybridized carbons (Fsp3) is 0.682.